The molecule has 84 valence electrons. The van der Waals surface area contributed by atoms with E-state index in [9.17, 15) is 0 Å². The molecule has 3 rings (SSSR count). The highest BCUT2D eigenvalue weighted by Gasteiger charge is 2.60. The summed E-state index contributed by atoms with van der Waals surface area (Å²) >= 11 is 0. The molecule has 5 atom stereocenters. The Kier molecular flexibility index (Phi) is 1.79. The van der Waals surface area contributed by atoms with Gasteiger partial charge in [0.2, 0.25) is 0 Å². The van der Waals surface area contributed by atoms with Gasteiger partial charge < -0.3 is 0 Å². The van der Waals surface area contributed by atoms with Crippen molar-refractivity contribution in [1.82, 2.24) is 0 Å². The van der Waals surface area contributed by atoms with Crippen LogP contribution >= 0.6 is 0 Å². The van der Waals surface area contributed by atoms with E-state index >= 15 is 0 Å². The molecule has 2 fully saturated rings. The van der Waals surface area contributed by atoms with Gasteiger partial charge in [0.25, 0.3) is 0 Å². The van der Waals surface area contributed by atoms with Crippen LogP contribution < -0.4 is 0 Å². The van der Waals surface area contributed by atoms with Crippen molar-refractivity contribution in [2.24, 2.45) is 34.5 Å². The van der Waals surface area contributed by atoms with Crippen molar-refractivity contribution in [3.8, 4) is 0 Å². The van der Waals surface area contributed by atoms with Gasteiger partial charge in [0.05, 0.1) is 0 Å². The zero-order chi connectivity index (χ0) is 10.8. The lowest BCUT2D eigenvalue weighted by Crippen LogP contribution is -2.47. The predicted octanol–water partition coefficient (Wildman–Crippen LogP) is 4.27. The predicted molar refractivity (Wildman–Crippen MR) is 64.5 cm³/mol. The third kappa shape index (κ3) is 0.990. The first-order valence-electron chi connectivity index (χ1n) is 6.66. The molecule has 0 amide bonds. The first-order valence-corrected chi connectivity index (χ1v) is 6.66. The lowest BCUT2D eigenvalue weighted by Gasteiger charge is -2.53. The van der Waals surface area contributed by atoms with E-state index in [1.807, 2.05) is 0 Å². The molecule has 3 aliphatic carbocycles. The molecule has 0 saturated heterocycles. The minimum absolute atomic E-state index is 0.491. The zero-order valence-corrected chi connectivity index (χ0v) is 10.6. The maximum absolute atomic E-state index is 2.57. The summed E-state index contributed by atoms with van der Waals surface area (Å²) in [4.78, 5) is 0. The van der Waals surface area contributed by atoms with Gasteiger partial charge in [-0.3, -0.25) is 0 Å². The molecule has 0 radical (unpaired) electrons. The van der Waals surface area contributed by atoms with E-state index in [0.29, 0.717) is 10.8 Å². The fraction of sp³-hybridized carbons (Fsp3) is 0.867. The number of rotatable bonds is 0. The molecular formula is C15H24. The van der Waals surface area contributed by atoms with E-state index in [1.54, 1.807) is 0 Å². The standard InChI is InChI=1S/C15H24/c1-10-5-6-13-12(10)9-11-7-8-15(13,4)14(11,2)3/h7-8,10-13H,5-6,9H2,1-4H3/t10-,11-,12+,13-,15+/m1/s1. The third-order valence-electron chi connectivity index (χ3n) is 6.47. The fourth-order valence-electron chi connectivity index (χ4n) is 4.85. The molecule has 0 aliphatic heterocycles. The van der Waals surface area contributed by atoms with Gasteiger partial charge in [-0.25, -0.2) is 0 Å². The summed E-state index contributed by atoms with van der Waals surface area (Å²) in [7, 11) is 0. The van der Waals surface area contributed by atoms with Crippen molar-refractivity contribution in [3.05, 3.63) is 12.2 Å². The van der Waals surface area contributed by atoms with E-state index in [2.05, 4.69) is 39.8 Å². The Hall–Kier alpha value is -0.260. The van der Waals surface area contributed by atoms with E-state index < -0.39 is 0 Å². The quantitative estimate of drug-likeness (QED) is 0.517. The molecule has 0 heteroatoms. The highest BCUT2D eigenvalue weighted by Crippen LogP contribution is 2.67. The second kappa shape index (κ2) is 2.70. The molecule has 0 nitrogen and oxygen atoms in total. The van der Waals surface area contributed by atoms with Crippen molar-refractivity contribution < 1.29 is 0 Å². The van der Waals surface area contributed by atoms with Crippen molar-refractivity contribution in [2.75, 3.05) is 0 Å². The van der Waals surface area contributed by atoms with Crippen molar-refractivity contribution >= 4 is 0 Å². The summed E-state index contributed by atoms with van der Waals surface area (Å²) in [5.41, 5.74) is 1.00. The lowest BCUT2D eigenvalue weighted by atomic mass is 9.51. The highest BCUT2D eigenvalue weighted by molar-refractivity contribution is 5.24. The van der Waals surface area contributed by atoms with Crippen LogP contribution in [0.1, 0.15) is 47.0 Å². The van der Waals surface area contributed by atoms with Crippen molar-refractivity contribution in [3.63, 3.8) is 0 Å². The Labute approximate surface area is 94.1 Å². The second-order valence-corrected chi connectivity index (χ2v) is 7.03. The minimum Gasteiger partial charge on any atom is -0.0843 e. The Bertz CT molecular complexity index is 312. The fourth-order valence-corrected chi connectivity index (χ4v) is 4.85. The molecule has 0 unspecified atom stereocenters. The molecule has 2 bridgehead atoms. The van der Waals surface area contributed by atoms with Gasteiger partial charge in [-0.1, -0.05) is 46.3 Å². The average molecular weight is 204 g/mol. The largest absolute Gasteiger partial charge is 0.0843 e. The van der Waals surface area contributed by atoms with Gasteiger partial charge in [0, 0.05) is 0 Å². The Morgan fingerprint density at radius 2 is 1.87 bits per heavy atom. The van der Waals surface area contributed by atoms with Crippen LogP contribution in [0, 0.1) is 34.5 Å². The van der Waals surface area contributed by atoms with Crippen LogP contribution in [0.25, 0.3) is 0 Å². The van der Waals surface area contributed by atoms with Crippen LogP contribution in [-0.4, -0.2) is 0 Å². The van der Waals surface area contributed by atoms with Crippen LogP contribution in [0.3, 0.4) is 0 Å². The maximum Gasteiger partial charge on any atom is -0.00587 e. The van der Waals surface area contributed by atoms with Gasteiger partial charge in [0.1, 0.15) is 0 Å². The number of fused-ring (bicyclic) bond motifs is 4. The van der Waals surface area contributed by atoms with Gasteiger partial charge in [-0.05, 0) is 47.3 Å². The molecule has 2 saturated carbocycles. The molecule has 0 aromatic heterocycles. The summed E-state index contributed by atoms with van der Waals surface area (Å²) in [6, 6.07) is 0. The average Bonchev–Trinajstić information content (AvgIpc) is 2.55. The van der Waals surface area contributed by atoms with Crippen LogP contribution in [0.15, 0.2) is 12.2 Å². The molecule has 0 heterocycles. The zero-order valence-electron chi connectivity index (χ0n) is 10.6. The van der Waals surface area contributed by atoms with E-state index in [4.69, 9.17) is 0 Å². The SMILES string of the molecule is C[C@@H]1CC[C@@H]2[C@H]1C[C@H]1C=C[C@]2(C)C1(C)C. The molecule has 0 spiro atoms. The summed E-state index contributed by atoms with van der Waals surface area (Å²) in [6.07, 6.45) is 9.51. The molecule has 0 aromatic rings. The van der Waals surface area contributed by atoms with E-state index in [1.165, 1.54) is 19.3 Å². The molecule has 0 N–H and O–H groups in total. The second-order valence-electron chi connectivity index (χ2n) is 7.03. The third-order valence-corrected chi connectivity index (χ3v) is 6.47. The molecule has 0 aromatic carbocycles. The minimum atomic E-state index is 0.491. The summed E-state index contributed by atoms with van der Waals surface area (Å²) < 4.78 is 0. The molecule has 15 heavy (non-hydrogen) atoms. The Morgan fingerprint density at radius 1 is 1.13 bits per heavy atom. The van der Waals surface area contributed by atoms with E-state index in [-0.39, 0.29) is 0 Å². The van der Waals surface area contributed by atoms with Crippen LogP contribution in [0.5, 0.6) is 0 Å². The highest BCUT2D eigenvalue weighted by atomic mass is 14.6. The lowest BCUT2D eigenvalue weighted by molar-refractivity contribution is -0.0305. The normalized spacial score (nSPS) is 55.7. The molecule has 3 aliphatic rings. The van der Waals surface area contributed by atoms with Gasteiger partial charge in [-0.15, -0.1) is 0 Å². The summed E-state index contributed by atoms with van der Waals surface area (Å²) in [6.45, 7) is 10.00. The van der Waals surface area contributed by atoms with Gasteiger partial charge in [-0.2, -0.15) is 0 Å². The van der Waals surface area contributed by atoms with E-state index in [0.717, 1.165) is 23.7 Å². The van der Waals surface area contributed by atoms with Gasteiger partial charge in [0.15, 0.2) is 0 Å². The monoisotopic (exact) mass is 204 g/mol. The molecular weight excluding hydrogens is 180 g/mol. The Balaban J connectivity index is 2.04. The number of hydrogen-bond acceptors (Lipinski definition) is 0. The van der Waals surface area contributed by atoms with Crippen molar-refractivity contribution in [2.45, 2.75) is 47.0 Å². The number of allylic oxidation sites excluding steroid dienone is 2. The van der Waals surface area contributed by atoms with Crippen LogP contribution in [0.2, 0.25) is 0 Å². The first-order chi connectivity index (χ1) is 6.97. The number of hydrogen-bond donors (Lipinski definition) is 0. The summed E-state index contributed by atoms with van der Waals surface area (Å²) in [5.74, 6) is 3.82. The summed E-state index contributed by atoms with van der Waals surface area (Å²) in [5, 5.41) is 0. The maximum atomic E-state index is 2.57. The van der Waals surface area contributed by atoms with Gasteiger partial charge >= 0.3 is 0 Å². The smallest absolute Gasteiger partial charge is 0.00587 e. The topological polar surface area (TPSA) is 0 Å². The first kappa shape index (κ1) is 9.93. The van der Waals surface area contributed by atoms with Crippen LogP contribution in [0.4, 0.5) is 0 Å². The van der Waals surface area contributed by atoms with Crippen LogP contribution in [-0.2, 0) is 0 Å². The Morgan fingerprint density at radius 3 is 2.60 bits per heavy atom. The van der Waals surface area contributed by atoms with Crippen molar-refractivity contribution in [1.29, 1.82) is 0 Å².